The maximum atomic E-state index is 9.48. The van der Waals surface area contributed by atoms with Gasteiger partial charge in [0.05, 0.1) is 24.4 Å². The maximum absolute atomic E-state index is 9.48. The molecular formula is C14H26O3. The van der Waals surface area contributed by atoms with Crippen LogP contribution in [0.2, 0.25) is 0 Å². The second kappa shape index (κ2) is 5.25. The number of hydrogen-bond acceptors (Lipinski definition) is 3. The van der Waals surface area contributed by atoms with Crippen LogP contribution in [0.4, 0.5) is 0 Å². The summed E-state index contributed by atoms with van der Waals surface area (Å²) in [7, 11) is 0. The van der Waals surface area contributed by atoms with E-state index >= 15 is 0 Å². The molecule has 0 saturated carbocycles. The van der Waals surface area contributed by atoms with Gasteiger partial charge >= 0.3 is 0 Å². The number of hydrogen-bond donors (Lipinski definition) is 1. The van der Waals surface area contributed by atoms with Crippen molar-refractivity contribution in [3.05, 3.63) is 0 Å². The second-order valence-corrected chi connectivity index (χ2v) is 6.14. The summed E-state index contributed by atoms with van der Waals surface area (Å²) in [6.07, 6.45) is 5.97. The minimum absolute atomic E-state index is 0.0600. The fourth-order valence-electron chi connectivity index (χ4n) is 3.22. The Balaban J connectivity index is 2.03. The second-order valence-electron chi connectivity index (χ2n) is 6.14. The average molecular weight is 242 g/mol. The Labute approximate surface area is 104 Å². The Bertz CT molecular complexity index is 244. The molecule has 1 N–H and O–H groups in total. The van der Waals surface area contributed by atoms with Crippen molar-refractivity contribution in [1.82, 2.24) is 0 Å². The first-order valence-electron chi connectivity index (χ1n) is 7.00. The van der Waals surface area contributed by atoms with Gasteiger partial charge in [-0.05, 0) is 45.4 Å². The molecule has 2 saturated heterocycles. The summed E-state index contributed by atoms with van der Waals surface area (Å²) in [5.41, 5.74) is -0.0600. The van der Waals surface area contributed by atoms with Crippen LogP contribution in [-0.4, -0.2) is 35.6 Å². The number of rotatable bonds is 3. The van der Waals surface area contributed by atoms with Gasteiger partial charge < -0.3 is 14.6 Å². The summed E-state index contributed by atoms with van der Waals surface area (Å²) < 4.78 is 12.1. The Hall–Kier alpha value is -0.120. The van der Waals surface area contributed by atoms with Gasteiger partial charge in [-0.1, -0.05) is 13.3 Å². The maximum Gasteiger partial charge on any atom is 0.107 e. The van der Waals surface area contributed by atoms with Crippen molar-refractivity contribution < 1.29 is 14.6 Å². The van der Waals surface area contributed by atoms with Crippen LogP contribution in [0.5, 0.6) is 0 Å². The molecule has 2 rings (SSSR count). The van der Waals surface area contributed by atoms with Gasteiger partial charge in [-0.25, -0.2) is 0 Å². The van der Waals surface area contributed by atoms with Crippen LogP contribution in [0.15, 0.2) is 0 Å². The van der Waals surface area contributed by atoms with Crippen molar-refractivity contribution in [2.45, 2.75) is 76.8 Å². The van der Waals surface area contributed by atoms with Gasteiger partial charge in [-0.3, -0.25) is 0 Å². The largest absolute Gasteiger partial charge is 0.394 e. The van der Waals surface area contributed by atoms with Crippen molar-refractivity contribution in [3.63, 3.8) is 0 Å². The Kier molecular flexibility index (Phi) is 4.11. The first kappa shape index (κ1) is 13.3. The van der Waals surface area contributed by atoms with Crippen LogP contribution in [0.3, 0.4) is 0 Å². The lowest BCUT2D eigenvalue weighted by atomic mass is 9.79. The van der Waals surface area contributed by atoms with E-state index in [4.69, 9.17) is 9.47 Å². The molecule has 17 heavy (non-hydrogen) atoms. The van der Waals surface area contributed by atoms with Crippen LogP contribution < -0.4 is 0 Å². The summed E-state index contributed by atoms with van der Waals surface area (Å²) >= 11 is 0. The molecule has 100 valence electrons. The zero-order chi connectivity index (χ0) is 12.5. The Morgan fingerprint density at radius 1 is 1.35 bits per heavy atom. The third kappa shape index (κ3) is 3.01. The molecule has 0 bridgehead atoms. The van der Waals surface area contributed by atoms with E-state index in [0.29, 0.717) is 12.0 Å². The molecule has 3 nitrogen and oxygen atoms in total. The van der Waals surface area contributed by atoms with Crippen molar-refractivity contribution in [2.24, 2.45) is 5.92 Å². The molecule has 0 unspecified atom stereocenters. The highest BCUT2D eigenvalue weighted by Gasteiger charge is 2.44. The van der Waals surface area contributed by atoms with Crippen LogP contribution in [0.1, 0.15) is 52.9 Å². The molecule has 0 radical (unpaired) electrons. The lowest BCUT2D eigenvalue weighted by molar-refractivity contribution is -0.235. The van der Waals surface area contributed by atoms with Gasteiger partial charge in [-0.15, -0.1) is 0 Å². The summed E-state index contributed by atoms with van der Waals surface area (Å²) in [5, 5.41) is 9.48. The van der Waals surface area contributed by atoms with E-state index in [-0.39, 0.29) is 24.4 Å². The molecule has 4 atom stereocenters. The topological polar surface area (TPSA) is 38.7 Å². The minimum Gasteiger partial charge on any atom is -0.394 e. The van der Waals surface area contributed by atoms with Crippen molar-refractivity contribution in [1.29, 1.82) is 0 Å². The zero-order valence-electron chi connectivity index (χ0n) is 11.3. The average Bonchev–Trinajstić information content (AvgIpc) is 2.28. The van der Waals surface area contributed by atoms with E-state index < -0.39 is 0 Å². The predicted octanol–water partition coefficient (Wildman–Crippen LogP) is 2.51. The van der Waals surface area contributed by atoms with Crippen LogP contribution >= 0.6 is 0 Å². The Morgan fingerprint density at radius 2 is 2.12 bits per heavy atom. The molecule has 0 aromatic heterocycles. The van der Waals surface area contributed by atoms with Gasteiger partial charge in [-0.2, -0.15) is 0 Å². The van der Waals surface area contributed by atoms with Crippen LogP contribution in [0.25, 0.3) is 0 Å². The van der Waals surface area contributed by atoms with Gasteiger partial charge in [0.25, 0.3) is 0 Å². The number of ether oxygens (including phenoxy) is 2. The normalized spacial score (nSPS) is 40.9. The molecule has 2 aliphatic rings. The van der Waals surface area contributed by atoms with Gasteiger partial charge in [0, 0.05) is 0 Å². The molecule has 2 aliphatic heterocycles. The van der Waals surface area contributed by atoms with E-state index in [1.807, 2.05) is 0 Å². The quantitative estimate of drug-likeness (QED) is 0.826. The van der Waals surface area contributed by atoms with Gasteiger partial charge in [0.2, 0.25) is 0 Å². The lowest BCUT2D eigenvalue weighted by Gasteiger charge is -2.48. The number of aliphatic hydroxyl groups excluding tert-OH is 1. The predicted molar refractivity (Wildman–Crippen MR) is 66.9 cm³/mol. The van der Waals surface area contributed by atoms with Crippen LogP contribution in [-0.2, 0) is 9.47 Å². The van der Waals surface area contributed by atoms with Crippen LogP contribution in [0, 0.1) is 5.92 Å². The molecular weight excluding hydrogens is 216 g/mol. The summed E-state index contributed by atoms with van der Waals surface area (Å²) in [6.45, 7) is 6.53. The number of fused-ring (bicyclic) bond motifs is 1. The Morgan fingerprint density at radius 3 is 2.76 bits per heavy atom. The molecule has 2 heterocycles. The molecule has 3 heteroatoms. The van der Waals surface area contributed by atoms with Crippen molar-refractivity contribution >= 4 is 0 Å². The standard InChI is InChI=1S/C14H26O3/c1-4-5-11-8-10-6-7-14(2,3)17-13(10)12(9-15)16-11/h10-13,15H,4-9H2,1-3H3/t10-,11-,12-,13-/m1/s1. The van der Waals surface area contributed by atoms with Gasteiger partial charge in [0.15, 0.2) is 0 Å². The summed E-state index contributed by atoms with van der Waals surface area (Å²) in [6, 6.07) is 0. The monoisotopic (exact) mass is 242 g/mol. The van der Waals surface area contributed by atoms with Crippen molar-refractivity contribution in [2.75, 3.05) is 6.61 Å². The fraction of sp³-hybridized carbons (Fsp3) is 1.00. The van der Waals surface area contributed by atoms with E-state index in [9.17, 15) is 5.11 Å². The van der Waals surface area contributed by atoms with Gasteiger partial charge in [0.1, 0.15) is 6.10 Å². The first-order chi connectivity index (χ1) is 8.05. The smallest absolute Gasteiger partial charge is 0.107 e. The zero-order valence-corrected chi connectivity index (χ0v) is 11.3. The van der Waals surface area contributed by atoms with E-state index in [0.717, 1.165) is 25.7 Å². The fourth-order valence-corrected chi connectivity index (χ4v) is 3.22. The highest BCUT2D eigenvalue weighted by atomic mass is 16.6. The highest BCUT2D eigenvalue weighted by molar-refractivity contribution is 4.92. The number of aliphatic hydroxyl groups is 1. The lowest BCUT2D eigenvalue weighted by Crippen LogP contribution is -2.54. The SMILES string of the molecule is CCC[C@@H]1C[C@H]2CCC(C)(C)O[C@H]2[C@@H](CO)O1. The molecule has 0 aromatic carbocycles. The van der Waals surface area contributed by atoms with E-state index in [1.165, 1.54) is 6.42 Å². The molecule has 0 aromatic rings. The van der Waals surface area contributed by atoms with Crippen molar-refractivity contribution in [3.8, 4) is 0 Å². The third-order valence-electron chi connectivity index (χ3n) is 4.13. The molecule has 0 amide bonds. The third-order valence-corrected chi connectivity index (χ3v) is 4.13. The molecule has 0 aliphatic carbocycles. The molecule has 2 fully saturated rings. The molecule has 0 spiro atoms. The van der Waals surface area contributed by atoms with E-state index in [1.54, 1.807) is 0 Å². The highest BCUT2D eigenvalue weighted by Crippen LogP contribution is 2.40. The van der Waals surface area contributed by atoms with E-state index in [2.05, 4.69) is 20.8 Å². The summed E-state index contributed by atoms with van der Waals surface area (Å²) in [4.78, 5) is 0. The minimum atomic E-state index is -0.120. The summed E-state index contributed by atoms with van der Waals surface area (Å²) in [5.74, 6) is 0.575. The first-order valence-corrected chi connectivity index (χ1v) is 7.00.